The van der Waals surface area contributed by atoms with E-state index in [0.29, 0.717) is 22.3 Å². The first-order valence-electron chi connectivity index (χ1n) is 6.29. The smallest absolute Gasteiger partial charge is 0.375 e. The molecule has 21 heavy (non-hydrogen) atoms. The van der Waals surface area contributed by atoms with Crippen molar-refractivity contribution >= 4 is 17.6 Å². The third kappa shape index (κ3) is 3.00. The summed E-state index contributed by atoms with van der Waals surface area (Å²) in [5.41, 5.74) is 0.262. The van der Waals surface area contributed by atoms with Gasteiger partial charge in [0.15, 0.2) is 0 Å². The van der Waals surface area contributed by atoms with E-state index in [1.165, 1.54) is 11.8 Å². The zero-order valence-electron chi connectivity index (χ0n) is 12.2. The molecule has 1 aromatic carbocycles. The highest BCUT2D eigenvalue weighted by Gasteiger charge is 2.26. The number of methoxy groups -OCH3 is 1. The van der Waals surface area contributed by atoms with E-state index in [4.69, 9.17) is 21.4 Å². The Labute approximate surface area is 127 Å². The summed E-state index contributed by atoms with van der Waals surface area (Å²) in [6.07, 6.45) is 0. The number of ether oxygens (including phenoxy) is 1. The average Bonchev–Trinajstić information content (AvgIpc) is 2.83. The molecule has 6 nitrogen and oxygen atoms in total. The fraction of sp³-hybridized carbons (Fsp3) is 0.357. The lowest BCUT2D eigenvalue weighted by Gasteiger charge is -2.18. The fourth-order valence-electron chi connectivity index (χ4n) is 1.86. The molecule has 0 spiro atoms. The predicted octanol–water partition coefficient (Wildman–Crippen LogP) is 2.93. The van der Waals surface area contributed by atoms with Crippen LogP contribution in [0.5, 0.6) is 5.75 Å². The van der Waals surface area contributed by atoms with Crippen LogP contribution in [0.3, 0.4) is 0 Å². The van der Waals surface area contributed by atoms with Gasteiger partial charge in [0, 0.05) is 5.41 Å². The molecule has 0 amide bonds. The number of carboxylic acid groups (broad SMARTS) is 1. The van der Waals surface area contributed by atoms with Crippen LogP contribution in [0, 0.1) is 0 Å². The van der Waals surface area contributed by atoms with E-state index in [2.05, 4.69) is 10.1 Å². The van der Waals surface area contributed by atoms with Gasteiger partial charge in [-0.3, -0.25) is 0 Å². The fourth-order valence-corrected chi connectivity index (χ4v) is 2.11. The second kappa shape index (κ2) is 5.37. The Morgan fingerprint density at radius 2 is 2.05 bits per heavy atom. The summed E-state index contributed by atoms with van der Waals surface area (Å²) in [6, 6.07) is 5.11. The van der Waals surface area contributed by atoms with Gasteiger partial charge in [0.05, 0.1) is 17.8 Å². The lowest BCUT2D eigenvalue weighted by atomic mass is 9.95. The first-order chi connectivity index (χ1) is 9.74. The van der Waals surface area contributed by atoms with Crippen LogP contribution in [-0.2, 0) is 5.41 Å². The maximum absolute atomic E-state index is 11.1. The van der Waals surface area contributed by atoms with Gasteiger partial charge in [0.2, 0.25) is 0 Å². The lowest BCUT2D eigenvalue weighted by Crippen LogP contribution is -2.18. The number of hydrogen-bond acceptors (Lipinski definition) is 4. The molecule has 0 unspecified atom stereocenters. The maximum atomic E-state index is 11.1. The quantitative estimate of drug-likeness (QED) is 0.943. The van der Waals surface area contributed by atoms with E-state index in [1.54, 1.807) is 18.2 Å². The van der Waals surface area contributed by atoms with Crippen molar-refractivity contribution in [1.82, 2.24) is 14.8 Å². The Morgan fingerprint density at radius 1 is 1.38 bits per heavy atom. The van der Waals surface area contributed by atoms with Crippen molar-refractivity contribution in [2.75, 3.05) is 7.11 Å². The Balaban J connectivity index is 2.62. The summed E-state index contributed by atoms with van der Waals surface area (Å²) in [6.45, 7) is 5.80. The molecule has 2 rings (SSSR count). The zero-order chi connectivity index (χ0) is 15.8. The van der Waals surface area contributed by atoms with Gasteiger partial charge < -0.3 is 9.84 Å². The standard InChI is InChI=1S/C14H16ClN3O3/c1-14(2,3)13-16-11(12(19)20)17-18(13)8-5-6-10(21-4)9(15)7-8/h5-7H,1-4H3,(H,19,20). The number of rotatable bonds is 3. The Hall–Kier alpha value is -2.08. The topological polar surface area (TPSA) is 77.2 Å². The first kappa shape index (κ1) is 15.3. The van der Waals surface area contributed by atoms with Crippen LogP contribution in [0.1, 0.15) is 37.2 Å². The van der Waals surface area contributed by atoms with Crippen LogP contribution in [0.25, 0.3) is 5.69 Å². The van der Waals surface area contributed by atoms with E-state index in [-0.39, 0.29) is 11.2 Å². The number of nitrogens with zero attached hydrogens (tertiary/aromatic N) is 3. The Bertz CT molecular complexity index is 689. The molecule has 1 aromatic heterocycles. The summed E-state index contributed by atoms with van der Waals surface area (Å²) in [7, 11) is 1.53. The molecule has 0 radical (unpaired) electrons. The predicted molar refractivity (Wildman–Crippen MR) is 78.6 cm³/mol. The largest absolute Gasteiger partial charge is 0.495 e. The highest BCUT2D eigenvalue weighted by molar-refractivity contribution is 6.32. The minimum Gasteiger partial charge on any atom is -0.495 e. The summed E-state index contributed by atoms with van der Waals surface area (Å²) in [4.78, 5) is 15.2. The second-order valence-electron chi connectivity index (χ2n) is 5.54. The Kier molecular flexibility index (Phi) is 3.91. The number of carboxylic acids is 1. The van der Waals surface area contributed by atoms with Crippen molar-refractivity contribution in [1.29, 1.82) is 0 Å². The average molecular weight is 310 g/mol. The van der Waals surface area contributed by atoms with E-state index >= 15 is 0 Å². The molecular weight excluding hydrogens is 294 g/mol. The number of aromatic nitrogens is 3. The molecule has 1 heterocycles. The van der Waals surface area contributed by atoms with E-state index in [0.717, 1.165) is 0 Å². The zero-order valence-corrected chi connectivity index (χ0v) is 13.0. The van der Waals surface area contributed by atoms with Gasteiger partial charge in [-0.05, 0) is 18.2 Å². The molecule has 0 fully saturated rings. The van der Waals surface area contributed by atoms with Gasteiger partial charge in [0.25, 0.3) is 5.82 Å². The molecule has 7 heteroatoms. The monoisotopic (exact) mass is 309 g/mol. The molecule has 1 N–H and O–H groups in total. The third-order valence-corrected chi connectivity index (χ3v) is 3.14. The van der Waals surface area contributed by atoms with Crippen LogP contribution >= 0.6 is 11.6 Å². The minimum atomic E-state index is -1.17. The van der Waals surface area contributed by atoms with E-state index < -0.39 is 5.97 Å². The molecule has 0 saturated carbocycles. The number of halogens is 1. The van der Waals surface area contributed by atoms with Gasteiger partial charge in [-0.1, -0.05) is 32.4 Å². The number of hydrogen-bond donors (Lipinski definition) is 1. The molecule has 0 aliphatic carbocycles. The van der Waals surface area contributed by atoms with Crippen LogP contribution in [0.4, 0.5) is 0 Å². The molecule has 0 bridgehead atoms. The molecule has 0 atom stereocenters. The highest BCUT2D eigenvalue weighted by atomic mass is 35.5. The lowest BCUT2D eigenvalue weighted by molar-refractivity contribution is 0.0683. The van der Waals surface area contributed by atoms with Crippen molar-refractivity contribution in [3.63, 3.8) is 0 Å². The number of aromatic carboxylic acids is 1. The highest BCUT2D eigenvalue weighted by Crippen LogP contribution is 2.29. The Morgan fingerprint density at radius 3 is 2.52 bits per heavy atom. The van der Waals surface area contributed by atoms with Crippen LogP contribution in [0.2, 0.25) is 5.02 Å². The minimum absolute atomic E-state index is 0.244. The van der Waals surface area contributed by atoms with Crippen molar-refractivity contribution in [2.45, 2.75) is 26.2 Å². The van der Waals surface area contributed by atoms with Crippen molar-refractivity contribution in [2.24, 2.45) is 0 Å². The van der Waals surface area contributed by atoms with Crippen molar-refractivity contribution < 1.29 is 14.6 Å². The molecule has 2 aromatic rings. The SMILES string of the molecule is COc1ccc(-n2nc(C(=O)O)nc2C(C)(C)C)cc1Cl. The van der Waals surface area contributed by atoms with Crippen LogP contribution in [0.15, 0.2) is 18.2 Å². The van der Waals surface area contributed by atoms with Crippen LogP contribution in [-0.4, -0.2) is 33.0 Å². The summed E-state index contributed by atoms with van der Waals surface area (Å²) < 4.78 is 6.60. The molecule has 0 aliphatic heterocycles. The molecule has 0 saturated heterocycles. The van der Waals surface area contributed by atoms with E-state index in [9.17, 15) is 4.79 Å². The molecular formula is C14H16ClN3O3. The van der Waals surface area contributed by atoms with Crippen molar-refractivity contribution in [3.8, 4) is 11.4 Å². The first-order valence-corrected chi connectivity index (χ1v) is 6.66. The van der Waals surface area contributed by atoms with Gasteiger partial charge in [-0.25, -0.2) is 14.5 Å². The number of benzene rings is 1. The van der Waals surface area contributed by atoms with Gasteiger partial charge in [-0.2, -0.15) is 0 Å². The normalized spacial score (nSPS) is 11.5. The summed E-state index contributed by atoms with van der Waals surface area (Å²) in [5.74, 6) is -0.330. The van der Waals surface area contributed by atoms with Crippen LogP contribution < -0.4 is 4.74 Å². The summed E-state index contributed by atoms with van der Waals surface area (Å²) >= 11 is 6.11. The van der Waals surface area contributed by atoms with E-state index in [1.807, 2.05) is 20.8 Å². The van der Waals surface area contributed by atoms with Gasteiger partial charge >= 0.3 is 5.97 Å². The van der Waals surface area contributed by atoms with Gasteiger partial charge in [0.1, 0.15) is 11.6 Å². The van der Waals surface area contributed by atoms with Crippen molar-refractivity contribution in [3.05, 3.63) is 34.9 Å². The molecule has 0 aliphatic rings. The second-order valence-corrected chi connectivity index (χ2v) is 5.95. The molecule has 112 valence electrons. The summed E-state index contributed by atoms with van der Waals surface area (Å²) in [5, 5.41) is 13.6. The third-order valence-electron chi connectivity index (χ3n) is 2.85. The van der Waals surface area contributed by atoms with Gasteiger partial charge in [-0.15, -0.1) is 5.10 Å². The maximum Gasteiger partial charge on any atom is 0.375 e. The number of carbonyl (C=O) groups is 1.